The molecule has 0 bridgehead atoms. The number of hydrogen-bond acceptors (Lipinski definition) is 1. The fourth-order valence-electron chi connectivity index (χ4n) is 3.16. The predicted octanol–water partition coefficient (Wildman–Crippen LogP) is 6.36. The summed E-state index contributed by atoms with van der Waals surface area (Å²) in [6, 6.07) is 8.57. The fraction of sp³-hybridized carbons (Fsp3) is 0.400. The summed E-state index contributed by atoms with van der Waals surface area (Å²) < 4.78 is 0. The van der Waals surface area contributed by atoms with Gasteiger partial charge >= 0.3 is 0 Å². The average molecular weight is 298 g/mol. The lowest BCUT2D eigenvalue weighted by Crippen LogP contribution is -2.00. The van der Waals surface area contributed by atoms with Gasteiger partial charge in [-0.2, -0.15) is 0 Å². The molecule has 0 amide bonds. The van der Waals surface area contributed by atoms with E-state index in [1.807, 2.05) is 0 Å². The Labute approximate surface area is 134 Å². The third-order valence-electron chi connectivity index (χ3n) is 4.36. The highest BCUT2D eigenvalue weighted by atomic mass is 32.2. The topological polar surface area (TPSA) is 0 Å². The van der Waals surface area contributed by atoms with Crippen LogP contribution >= 0.6 is 11.8 Å². The van der Waals surface area contributed by atoms with Crippen LogP contribution in [0.1, 0.15) is 38.2 Å². The smallest absolute Gasteiger partial charge is 0.0147 e. The highest BCUT2D eigenvalue weighted by Gasteiger charge is 2.26. The van der Waals surface area contributed by atoms with Gasteiger partial charge in [-0.3, -0.25) is 0 Å². The quantitative estimate of drug-likeness (QED) is 0.417. The van der Waals surface area contributed by atoms with Crippen molar-refractivity contribution in [2.45, 2.75) is 37.5 Å². The molecule has 1 aromatic rings. The Hall–Kier alpha value is -1.21. The highest BCUT2D eigenvalue weighted by molar-refractivity contribution is 7.98. The van der Waals surface area contributed by atoms with Gasteiger partial charge in [0.05, 0.1) is 0 Å². The minimum absolute atomic E-state index is 0.467. The van der Waals surface area contributed by atoms with Gasteiger partial charge in [0, 0.05) is 10.8 Å². The summed E-state index contributed by atoms with van der Waals surface area (Å²) in [5, 5.41) is 0. The SMILES string of the molecule is C=CC1CC(CCCC)C=C1C(=C)c1ccccc1SC. The van der Waals surface area contributed by atoms with Crippen molar-refractivity contribution < 1.29 is 0 Å². The van der Waals surface area contributed by atoms with E-state index in [4.69, 9.17) is 0 Å². The van der Waals surface area contributed by atoms with Gasteiger partial charge < -0.3 is 0 Å². The zero-order valence-corrected chi connectivity index (χ0v) is 14.1. The molecular formula is C20H26S. The molecule has 2 rings (SSSR count). The van der Waals surface area contributed by atoms with E-state index >= 15 is 0 Å². The number of hydrogen-bond donors (Lipinski definition) is 0. The maximum absolute atomic E-state index is 4.40. The van der Waals surface area contributed by atoms with Crippen molar-refractivity contribution in [1.82, 2.24) is 0 Å². The molecule has 0 N–H and O–H groups in total. The van der Waals surface area contributed by atoms with Gasteiger partial charge in [0.1, 0.15) is 0 Å². The maximum Gasteiger partial charge on any atom is 0.0147 e. The lowest BCUT2D eigenvalue weighted by atomic mass is 9.91. The van der Waals surface area contributed by atoms with Crippen LogP contribution in [0.4, 0.5) is 0 Å². The first-order chi connectivity index (χ1) is 10.2. The van der Waals surface area contributed by atoms with Gasteiger partial charge in [-0.05, 0) is 47.8 Å². The second kappa shape index (κ2) is 7.70. The van der Waals surface area contributed by atoms with E-state index < -0.39 is 0 Å². The van der Waals surface area contributed by atoms with Gasteiger partial charge in [0.15, 0.2) is 0 Å². The summed E-state index contributed by atoms with van der Waals surface area (Å²) in [5.41, 5.74) is 3.86. The number of thioether (sulfide) groups is 1. The second-order valence-electron chi connectivity index (χ2n) is 5.78. The molecule has 0 spiro atoms. The zero-order chi connectivity index (χ0) is 15.2. The molecule has 2 atom stereocenters. The molecule has 1 aliphatic rings. The minimum Gasteiger partial charge on any atom is -0.129 e. The Morgan fingerprint density at radius 1 is 1.38 bits per heavy atom. The van der Waals surface area contributed by atoms with Crippen LogP contribution in [0, 0.1) is 11.8 Å². The predicted molar refractivity (Wildman–Crippen MR) is 96.7 cm³/mol. The molecule has 0 aromatic heterocycles. The van der Waals surface area contributed by atoms with Crippen molar-refractivity contribution in [3.8, 4) is 0 Å². The molecule has 112 valence electrons. The zero-order valence-electron chi connectivity index (χ0n) is 13.3. The minimum atomic E-state index is 0.467. The highest BCUT2D eigenvalue weighted by Crippen LogP contribution is 2.42. The molecular weight excluding hydrogens is 272 g/mol. The van der Waals surface area contributed by atoms with Crippen molar-refractivity contribution in [3.63, 3.8) is 0 Å². The van der Waals surface area contributed by atoms with Crippen LogP contribution in [-0.4, -0.2) is 6.26 Å². The van der Waals surface area contributed by atoms with Crippen LogP contribution < -0.4 is 0 Å². The number of benzene rings is 1. The van der Waals surface area contributed by atoms with Crippen molar-refractivity contribution >= 4 is 17.3 Å². The van der Waals surface area contributed by atoms with Gasteiger partial charge in [0.25, 0.3) is 0 Å². The van der Waals surface area contributed by atoms with Gasteiger partial charge in [-0.15, -0.1) is 18.3 Å². The summed E-state index contributed by atoms with van der Waals surface area (Å²) in [4.78, 5) is 1.31. The van der Waals surface area contributed by atoms with Crippen molar-refractivity contribution in [2.24, 2.45) is 11.8 Å². The Bertz CT molecular complexity index is 539. The molecule has 0 fully saturated rings. The van der Waals surface area contributed by atoms with Crippen molar-refractivity contribution in [3.05, 3.63) is 60.7 Å². The van der Waals surface area contributed by atoms with Gasteiger partial charge in [-0.25, -0.2) is 0 Å². The molecule has 1 aliphatic carbocycles. The van der Waals surface area contributed by atoms with Gasteiger partial charge in [-0.1, -0.05) is 56.7 Å². The molecule has 0 saturated heterocycles. The molecule has 0 saturated carbocycles. The molecule has 0 radical (unpaired) electrons. The summed E-state index contributed by atoms with van der Waals surface area (Å²) in [5.74, 6) is 1.16. The first-order valence-corrected chi connectivity index (χ1v) is 9.10. The third kappa shape index (κ3) is 3.71. The summed E-state index contributed by atoms with van der Waals surface area (Å²) in [6.45, 7) is 10.7. The summed E-state index contributed by atoms with van der Waals surface area (Å²) >= 11 is 1.79. The first kappa shape index (κ1) is 16.2. The van der Waals surface area contributed by atoms with Crippen LogP contribution in [0.5, 0.6) is 0 Å². The Balaban J connectivity index is 2.25. The van der Waals surface area contributed by atoms with Crippen LogP contribution in [0.2, 0.25) is 0 Å². The Morgan fingerprint density at radius 2 is 2.14 bits per heavy atom. The number of allylic oxidation sites excluding steroid dienone is 4. The molecule has 0 heterocycles. The number of unbranched alkanes of at least 4 members (excludes halogenated alkanes) is 1. The maximum atomic E-state index is 4.40. The normalized spacial score (nSPS) is 21.1. The van der Waals surface area contributed by atoms with E-state index in [2.05, 4.69) is 62.8 Å². The third-order valence-corrected chi connectivity index (χ3v) is 5.16. The molecule has 2 unspecified atom stereocenters. The van der Waals surface area contributed by atoms with E-state index in [1.165, 1.54) is 47.3 Å². The van der Waals surface area contributed by atoms with E-state index in [0.29, 0.717) is 11.8 Å². The van der Waals surface area contributed by atoms with Crippen LogP contribution in [0.25, 0.3) is 5.57 Å². The van der Waals surface area contributed by atoms with E-state index in [-0.39, 0.29) is 0 Å². The summed E-state index contributed by atoms with van der Waals surface area (Å²) in [7, 11) is 0. The molecule has 0 aliphatic heterocycles. The number of rotatable bonds is 7. The van der Waals surface area contributed by atoms with E-state index in [1.54, 1.807) is 11.8 Å². The van der Waals surface area contributed by atoms with Crippen LogP contribution in [0.3, 0.4) is 0 Å². The van der Waals surface area contributed by atoms with Crippen LogP contribution in [0.15, 0.2) is 60.0 Å². The average Bonchev–Trinajstić information content (AvgIpc) is 2.95. The fourth-order valence-corrected chi connectivity index (χ4v) is 3.79. The monoisotopic (exact) mass is 298 g/mol. The summed E-state index contributed by atoms with van der Waals surface area (Å²) in [6.07, 6.45) is 11.8. The molecule has 1 heteroatoms. The van der Waals surface area contributed by atoms with Crippen LogP contribution in [-0.2, 0) is 0 Å². The molecule has 0 nitrogen and oxygen atoms in total. The van der Waals surface area contributed by atoms with Crippen molar-refractivity contribution in [2.75, 3.05) is 6.26 Å². The lowest BCUT2D eigenvalue weighted by molar-refractivity contribution is 0.514. The lowest BCUT2D eigenvalue weighted by Gasteiger charge is -2.16. The van der Waals surface area contributed by atoms with Crippen molar-refractivity contribution in [1.29, 1.82) is 0 Å². The Morgan fingerprint density at radius 3 is 2.81 bits per heavy atom. The molecule has 21 heavy (non-hydrogen) atoms. The van der Waals surface area contributed by atoms with E-state index in [0.717, 1.165) is 0 Å². The second-order valence-corrected chi connectivity index (χ2v) is 6.63. The standard InChI is InChI=1S/C20H26S/c1-5-7-10-16-13-17(6-2)19(14-16)15(3)18-11-8-9-12-20(18)21-4/h6,8-9,11-12,14,16-17H,2-3,5,7,10,13H2,1,4H3. The molecule has 1 aromatic carbocycles. The first-order valence-electron chi connectivity index (χ1n) is 7.88. The largest absolute Gasteiger partial charge is 0.129 e. The van der Waals surface area contributed by atoms with E-state index in [9.17, 15) is 0 Å². The van der Waals surface area contributed by atoms with Gasteiger partial charge in [0.2, 0.25) is 0 Å². The Kier molecular flexibility index (Phi) is 5.93.